The number of ether oxygens (including phenoxy) is 2. The Balaban J connectivity index is 1.90. The molecule has 1 aromatic rings. The molecule has 1 saturated carbocycles. The molecule has 1 aliphatic rings. The summed E-state index contributed by atoms with van der Waals surface area (Å²) in [7, 11) is -1.68. The third-order valence-electron chi connectivity index (χ3n) is 6.87. The zero-order valence-electron chi connectivity index (χ0n) is 19.9. The van der Waals surface area contributed by atoms with Crippen molar-refractivity contribution in [2.75, 3.05) is 19.5 Å². The lowest BCUT2D eigenvalue weighted by molar-refractivity contribution is 0.0596. The molecule has 0 saturated heterocycles. The van der Waals surface area contributed by atoms with E-state index in [9.17, 15) is 13.2 Å². The number of carbonyl (C=O) groups is 1. The van der Waals surface area contributed by atoms with Crippen LogP contribution in [-0.4, -0.2) is 38.6 Å². The molecule has 1 fully saturated rings. The van der Waals surface area contributed by atoms with Crippen LogP contribution in [-0.2, 0) is 21.0 Å². The molecule has 31 heavy (non-hydrogen) atoms. The van der Waals surface area contributed by atoms with Gasteiger partial charge in [0.2, 0.25) is 0 Å². The molecule has 0 bridgehead atoms. The number of sulfone groups is 1. The van der Waals surface area contributed by atoms with E-state index in [0.29, 0.717) is 41.9 Å². The van der Waals surface area contributed by atoms with Crippen molar-refractivity contribution in [1.82, 2.24) is 0 Å². The van der Waals surface area contributed by atoms with E-state index in [1.54, 1.807) is 6.07 Å². The number of benzene rings is 1. The molecule has 176 valence electrons. The maximum absolute atomic E-state index is 12.7. The Hall–Kier alpha value is -1.56. The molecular weight excluding hydrogens is 412 g/mol. The molecule has 0 aromatic heterocycles. The zero-order valence-corrected chi connectivity index (χ0v) is 20.7. The first-order valence-corrected chi connectivity index (χ1v) is 13.3. The number of hydrogen-bond donors (Lipinski definition) is 0. The largest absolute Gasteiger partial charge is 0.493 e. The third-order valence-corrected chi connectivity index (χ3v) is 9.75. The van der Waals surface area contributed by atoms with E-state index in [1.807, 2.05) is 39.8 Å². The van der Waals surface area contributed by atoms with Gasteiger partial charge in [-0.2, -0.15) is 0 Å². The quantitative estimate of drug-likeness (QED) is 0.409. The highest BCUT2D eigenvalue weighted by atomic mass is 32.2. The third kappa shape index (κ3) is 6.96. The summed E-state index contributed by atoms with van der Waals surface area (Å²) in [6.45, 7) is 8.24. The predicted octanol–water partition coefficient (Wildman–Crippen LogP) is 5.60. The molecule has 0 atom stereocenters. The normalized spacial score (nSPS) is 19.8. The minimum Gasteiger partial charge on any atom is -0.493 e. The Morgan fingerprint density at radius 2 is 1.74 bits per heavy atom. The molecule has 0 amide bonds. The van der Waals surface area contributed by atoms with Crippen LogP contribution in [0.25, 0.3) is 0 Å². The van der Waals surface area contributed by atoms with Crippen LogP contribution in [0.4, 0.5) is 0 Å². The molecule has 1 aliphatic carbocycles. The van der Waals surface area contributed by atoms with Crippen molar-refractivity contribution < 1.29 is 22.7 Å². The standard InChI is InChI=1S/C25H40O5S/c1-6-16-30-23-17-20(14-15-22(23)24(26)29-5)11-8-19-9-12-21(13-10-19)18-31(27,28)25(3,4)7-2/h14-15,17,19,21H,6-13,16,18H2,1-5H3. The fourth-order valence-electron chi connectivity index (χ4n) is 4.15. The zero-order chi connectivity index (χ0) is 23.1. The Labute approximate surface area is 188 Å². The number of carbonyl (C=O) groups excluding carboxylic acids is 1. The highest BCUT2D eigenvalue weighted by Gasteiger charge is 2.35. The van der Waals surface area contributed by atoms with E-state index >= 15 is 0 Å². The van der Waals surface area contributed by atoms with Crippen LogP contribution in [0, 0.1) is 11.8 Å². The first kappa shape index (κ1) is 25.7. The lowest BCUT2D eigenvalue weighted by atomic mass is 9.80. The van der Waals surface area contributed by atoms with E-state index in [4.69, 9.17) is 9.47 Å². The second kappa shape index (κ2) is 11.3. The van der Waals surface area contributed by atoms with E-state index in [0.717, 1.165) is 50.5 Å². The van der Waals surface area contributed by atoms with Crippen molar-refractivity contribution in [2.45, 2.75) is 83.8 Å². The Morgan fingerprint density at radius 1 is 1.10 bits per heavy atom. The van der Waals surface area contributed by atoms with Gasteiger partial charge in [0.15, 0.2) is 9.84 Å². The number of rotatable bonds is 11. The fourth-order valence-corrected chi connectivity index (χ4v) is 5.99. The SMILES string of the molecule is CCCOc1cc(CCC2CCC(CS(=O)(=O)C(C)(C)CC)CC2)ccc1C(=O)OC. The van der Waals surface area contributed by atoms with E-state index in [2.05, 4.69) is 0 Å². The predicted molar refractivity (Wildman–Crippen MR) is 125 cm³/mol. The van der Waals surface area contributed by atoms with Crippen molar-refractivity contribution >= 4 is 15.8 Å². The molecular formula is C25H40O5S. The van der Waals surface area contributed by atoms with Gasteiger partial charge in [-0.15, -0.1) is 0 Å². The summed E-state index contributed by atoms with van der Waals surface area (Å²) >= 11 is 0. The van der Waals surface area contributed by atoms with Gasteiger partial charge in [0.05, 0.1) is 24.2 Å². The minimum atomic E-state index is -3.06. The van der Waals surface area contributed by atoms with E-state index in [-0.39, 0.29) is 5.97 Å². The summed E-state index contributed by atoms with van der Waals surface area (Å²) in [4.78, 5) is 12.0. The van der Waals surface area contributed by atoms with E-state index in [1.165, 1.54) is 7.11 Å². The summed E-state index contributed by atoms with van der Waals surface area (Å²) in [5.41, 5.74) is 1.63. The number of esters is 1. The summed E-state index contributed by atoms with van der Waals surface area (Å²) in [5, 5.41) is 0. The van der Waals surface area contributed by atoms with Crippen LogP contribution in [0.15, 0.2) is 18.2 Å². The first-order chi connectivity index (χ1) is 14.6. The van der Waals surface area contributed by atoms with Gasteiger partial charge < -0.3 is 9.47 Å². The Morgan fingerprint density at radius 3 is 2.32 bits per heavy atom. The smallest absolute Gasteiger partial charge is 0.341 e. The van der Waals surface area contributed by atoms with Crippen molar-refractivity contribution in [2.24, 2.45) is 11.8 Å². The van der Waals surface area contributed by atoms with Gasteiger partial charge in [0.25, 0.3) is 0 Å². The molecule has 0 unspecified atom stereocenters. The summed E-state index contributed by atoms with van der Waals surface area (Å²) < 4.78 is 35.4. The molecule has 2 rings (SSSR count). The molecule has 6 heteroatoms. The van der Waals surface area contributed by atoms with Gasteiger partial charge in [0.1, 0.15) is 11.3 Å². The topological polar surface area (TPSA) is 69.7 Å². The number of aryl methyl sites for hydroxylation is 1. The molecule has 0 N–H and O–H groups in total. The van der Waals surface area contributed by atoms with Crippen LogP contribution in [0.2, 0.25) is 0 Å². The van der Waals surface area contributed by atoms with Crippen LogP contribution in [0.3, 0.4) is 0 Å². The first-order valence-electron chi connectivity index (χ1n) is 11.7. The van der Waals surface area contributed by atoms with Gasteiger partial charge in [0, 0.05) is 0 Å². The minimum absolute atomic E-state index is 0.292. The van der Waals surface area contributed by atoms with Gasteiger partial charge in [-0.25, -0.2) is 13.2 Å². The summed E-state index contributed by atoms with van der Waals surface area (Å²) in [6.07, 6.45) is 7.71. The average molecular weight is 453 g/mol. The lowest BCUT2D eigenvalue weighted by Crippen LogP contribution is -2.36. The van der Waals surface area contributed by atoms with Gasteiger partial charge in [-0.3, -0.25) is 0 Å². The van der Waals surface area contributed by atoms with Crippen molar-refractivity contribution in [3.8, 4) is 5.75 Å². The molecule has 1 aromatic carbocycles. The molecule has 0 spiro atoms. The Kier molecular flexibility index (Phi) is 9.41. The summed E-state index contributed by atoms with van der Waals surface area (Å²) in [5.74, 6) is 1.46. The van der Waals surface area contributed by atoms with Crippen LogP contribution >= 0.6 is 0 Å². The van der Waals surface area contributed by atoms with Gasteiger partial charge >= 0.3 is 5.97 Å². The molecule has 0 radical (unpaired) electrons. The van der Waals surface area contributed by atoms with Crippen LogP contribution in [0.5, 0.6) is 5.75 Å². The van der Waals surface area contributed by atoms with Crippen molar-refractivity contribution in [3.63, 3.8) is 0 Å². The van der Waals surface area contributed by atoms with Crippen LogP contribution in [0.1, 0.15) is 88.6 Å². The molecule has 5 nitrogen and oxygen atoms in total. The monoisotopic (exact) mass is 452 g/mol. The highest BCUT2D eigenvalue weighted by molar-refractivity contribution is 7.92. The second-order valence-electron chi connectivity index (χ2n) is 9.49. The highest BCUT2D eigenvalue weighted by Crippen LogP contribution is 2.35. The summed E-state index contributed by atoms with van der Waals surface area (Å²) in [6, 6.07) is 5.74. The molecule has 0 heterocycles. The van der Waals surface area contributed by atoms with Crippen LogP contribution < -0.4 is 4.74 Å². The Bertz CT molecular complexity index is 820. The average Bonchev–Trinajstić information content (AvgIpc) is 2.76. The van der Waals surface area contributed by atoms with Gasteiger partial charge in [-0.1, -0.05) is 32.8 Å². The lowest BCUT2D eigenvalue weighted by Gasteiger charge is -2.31. The van der Waals surface area contributed by atoms with Gasteiger partial charge in [-0.05, 0) is 81.9 Å². The second-order valence-corrected chi connectivity index (χ2v) is 12.2. The fraction of sp³-hybridized carbons (Fsp3) is 0.720. The molecule has 0 aliphatic heterocycles. The maximum Gasteiger partial charge on any atom is 0.341 e. The number of methoxy groups -OCH3 is 1. The maximum atomic E-state index is 12.7. The number of hydrogen-bond acceptors (Lipinski definition) is 5. The van der Waals surface area contributed by atoms with Crippen molar-refractivity contribution in [3.05, 3.63) is 29.3 Å². The van der Waals surface area contributed by atoms with E-state index < -0.39 is 14.6 Å². The van der Waals surface area contributed by atoms with Crippen molar-refractivity contribution in [1.29, 1.82) is 0 Å².